The highest BCUT2D eigenvalue weighted by molar-refractivity contribution is 6.30. The Balaban J connectivity index is 2.11. The Morgan fingerprint density at radius 3 is 2.59 bits per heavy atom. The van der Waals surface area contributed by atoms with Gasteiger partial charge in [0.15, 0.2) is 5.76 Å². The van der Waals surface area contributed by atoms with Crippen molar-refractivity contribution < 1.29 is 14.6 Å². The van der Waals surface area contributed by atoms with Crippen molar-refractivity contribution in [1.29, 1.82) is 0 Å². The zero-order valence-corrected chi connectivity index (χ0v) is 16.7. The van der Waals surface area contributed by atoms with Crippen LogP contribution in [0.4, 0.5) is 0 Å². The molecular formula is C21H21ClN2O3. The fraction of sp³-hybridized carbons (Fsp3) is 0.238. The highest BCUT2D eigenvalue weighted by Crippen LogP contribution is 2.30. The molecule has 0 unspecified atom stereocenters. The van der Waals surface area contributed by atoms with Crippen molar-refractivity contribution in [2.75, 3.05) is 7.11 Å². The minimum Gasteiger partial charge on any atom is -0.505 e. The lowest BCUT2D eigenvalue weighted by molar-refractivity contribution is -0.135. The first-order valence-electron chi connectivity index (χ1n) is 8.49. The largest absolute Gasteiger partial charge is 0.505 e. The van der Waals surface area contributed by atoms with E-state index >= 15 is 0 Å². The molecule has 0 spiro atoms. The Bertz CT molecular complexity index is 1040. The highest BCUT2D eigenvalue weighted by atomic mass is 35.5. The predicted molar refractivity (Wildman–Crippen MR) is 108 cm³/mol. The van der Waals surface area contributed by atoms with Crippen LogP contribution in [0, 0.1) is 20.8 Å². The summed E-state index contributed by atoms with van der Waals surface area (Å²) in [4.78, 5) is 16.2. The van der Waals surface area contributed by atoms with Gasteiger partial charge in [-0.25, -0.2) is 9.79 Å². The Morgan fingerprint density at radius 1 is 1.22 bits per heavy atom. The quantitative estimate of drug-likeness (QED) is 0.769. The van der Waals surface area contributed by atoms with E-state index in [4.69, 9.17) is 16.3 Å². The van der Waals surface area contributed by atoms with Gasteiger partial charge in [0.25, 0.3) is 0 Å². The molecule has 1 aliphatic rings. The third kappa shape index (κ3) is 3.30. The number of methoxy groups -OCH3 is 1. The van der Waals surface area contributed by atoms with Gasteiger partial charge in [-0.1, -0.05) is 17.7 Å². The van der Waals surface area contributed by atoms with Gasteiger partial charge in [0.05, 0.1) is 12.8 Å². The van der Waals surface area contributed by atoms with E-state index in [0.717, 1.165) is 28.2 Å². The molecule has 27 heavy (non-hydrogen) atoms. The molecule has 1 N–H and O–H groups in total. The van der Waals surface area contributed by atoms with E-state index in [2.05, 4.69) is 9.56 Å². The first kappa shape index (κ1) is 19.0. The summed E-state index contributed by atoms with van der Waals surface area (Å²) in [6.07, 6.45) is 1.77. The van der Waals surface area contributed by atoms with E-state index < -0.39 is 5.97 Å². The second-order valence-electron chi connectivity index (χ2n) is 6.53. The number of hydrogen-bond donors (Lipinski definition) is 1. The Labute approximate surface area is 163 Å². The lowest BCUT2D eigenvalue weighted by Crippen LogP contribution is -2.11. The van der Waals surface area contributed by atoms with Crippen molar-refractivity contribution in [3.63, 3.8) is 0 Å². The van der Waals surface area contributed by atoms with Crippen LogP contribution < -0.4 is 0 Å². The van der Waals surface area contributed by atoms with Gasteiger partial charge in [0.2, 0.25) is 0 Å². The molecule has 1 aliphatic heterocycles. The van der Waals surface area contributed by atoms with E-state index in [-0.39, 0.29) is 11.3 Å². The number of aryl methyl sites for hydroxylation is 2. The molecule has 2 aromatic rings. The van der Waals surface area contributed by atoms with Gasteiger partial charge in [-0.2, -0.15) is 0 Å². The molecule has 1 aromatic heterocycles. The van der Waals surface area contributed by atoms with Gasteiger partial charge in [-0.05, 0) is 63.1 Å². The summed E-state index contributed by atoms with van der Waals surface area (Å²) in [6.45, 7) is 7.70. The zero-order chi connectivity index (χ0) is 19.9. The number of rotatable bonds is 3. The number of carbonyl (C=O) groups is 1. The SMILES string of the molecule is COC(=O)C1=C(O)C(=Cc2cc(C)n(-c3cc(Cl)ccc3C)c2C)N=C1C. The third-order valence-corrected chi connectivity index (χ3v) is 4.93. The molecule has 0 fully saturated rings. The molecule has 0 saturated carbocycles. The molecule has 0 atom stereocenters. The molecule has 2 heterocycles. The molecular weight excluding hydrogens is 364 g/mol. The third-order valence-electron chi connectivity index (χ3n) is 4.69. The van der Waals surface area contributed by atoms with E-state index in [9.17, 15) is 9.90 Å². The summed E-state index contributed by atoms with van der Waals surface area (Å²) in [5.74, 6) is -0.764. The monoisotopic (exact) mass is 384 g/mol. The summed E-state index contributed by atoms with van der Waals surface area (Å²) in [5.41, 5.74) is 5.90. The molecule has 0 bridgehead atoms. The number of hydrogen-bond acceptors (Lipinski definition) is 4. The zero-order valence-electron chi connectivity index (χ0n) is 15.9. The van der Waals surface area contributed by atoms with Crippen LogP contribution in [0.15, 0.2) is 46.3 Å². The minimum absolute atomic E-state index is 0.100. The van der Waals surface area contributed by atoms with Crippen LogP contribution in [0.3, 0.4) is 0 Å². The average Bonchev–Trinajstić information content (AvgIpc) is 3.05. The maximum absolute atomic E-state index is 11.8. The maximum atomic E-state index is 11.8. The van der Waals surface area contributed by atoms with Gasteiger partial charge >= 0.3 is 5.97 Å². The van der Waals surface area contributed by atoms with Crippen LogP contribution >= 0.6 is 11.6 Å². The topological polar surface area (TPSA) is 63.8 Å². The molecule has 0 amide bonds. The summed E-state index contributed by atoms with van der Waals surface area (Å²) in [6, 6.07) is 7.79. The van der Waals surface area contributed by atoms with Gasteiger partial charge < -0.3 is 14.4 Å². The number of halogens is 1. The van der Waals surface area contributed by atoms with Crippen molar-refractivity contribution in [1.82, 2.24) is 4.57 Å². The predicted octanol–water partition coefficient (Wildman–Crippen LogP) is 4.86. The van der Waals surface area contributed by atoms with Crippen molar-refractivity contribution in [2.45, 2.75) is 27.7 Å². The van der Waals surface area contributed by atoms with Gasteiger partial charge in [0.1, 0.15) is 11.3 Å². The average molecular weight is 385 g/mol. The minimum atomic E-state index is -0.600. The standard InChI is InChI=1S/C21H21ClN2O3/c1-11-6-7-16(22)10-18(11)24-12(2)8-15(14(24)4)9-17-20(25)19(13(3)23-17)21(26)27-5/h6-10,25H,1-5H3. The molecule has 1 aromatic carbocycles. The number of nitrogens with zero attached hydrogens (tertiary/aromatic N) is 2. The first-order valence-corrected chi connectivity index (χ1v) is 8.87. The smallest absolute Gasteiger partial charge is 0.343 e. The second kappa shape index (κ2) is 7.08. The summed E-state index contributed by atoms with van der Waals surface area (Å²) in [7, 11) is 1.28. The number of ether oxygens (including phenoxy) is 1. The van der Waals surface area contributed by atoms with Crippen LogP contribution in [0.25, 0.3) is 11.8 Å². The number of aliphatic imine (C=N–C) groups is 1. The number of aliphatic hydroxyl groups is 1. The number of benzene rings is 1. The van der Waals surface area contributed by atoms with Crippen LogP contribution in [0.2, 0.25) is 5.02 Å². The van der Waals surface area contributed by atoms with Crippen LogP contribution in [-0.4, -0.2) is 28.5 Å². The molecule has 6 heteroatoms. The van der Waals surface area contributed by atoms with Crippen LogP contribution in [0.1, 0.15) is 29.4 Å². The van der Waals surface area contributed by atoms with Crippen LogP contribution in [0.5, 0.6) is 0 Å². The van der Waals surface area contributed by atoms with Gasteiger partial charge in [-0.3, -0.25) is 0 Å². The molecule has 140 valence electrons. The van der Waals surface area contributed by atoms with Gasteiger partial charge in [0, 0.05) is 22.1 Å². The lowest BCUT2D eigenvalue weighted by atomic mass is 10.1. The number of aromatic nitrogens is 1. The van der Waals surface area contributed by atoms with Crippen molar-refractivity contribution >= 4 is 29.4 Å². The number of carbonyl (C=O) groups excluding carboxylic acids is 1. The van der Waals surface area contributed by atoms with E-state index in [1.165, 1.54) is 7.11 Å². The number of esters is 1. The van der Waals surface area contributed by atoms with Crippen molar-refractivity contribution in [3.05, 3.63) is 68.8 Å². The Kier molecular flexibility index (Phi) is 4.98. The summed E-state index contributed by atoms with van der Waals surface area (Å²) in [5, 5.41) is 11.1. The Hall–Kier alpha value is -2.79. The van der Waals surface area contributed by atoms with Gasteiger partial charge in [-0.15, -0.1) is 0 Å². The fourth-order valence-corrected chi connectivity index (χ4v) is 3.48. The van der Waals surface area contributed by atoms with Crippen LogP contribution in [-0.2, 0) is 9.53 Å². The number of aliphatic hydroxyl groups excluding tert-OH is 1. The second-order valence-corrected chi connectivity index (χ2v) is 6.97. The Morgan fingerprint density at radius 2 is 1.93 bits per heavy atom. The molecule has 0 aliphatic carbocycles. The molecule has 3 rings (SSSR count). The van der Waals surface area contributed by atoms with Crippen molar-refractivity contribution in [3.8, 4) is 5.69 Å². The van der Waals surface area contributed by atoms with E-state index in [1.807, 2.05) is 45.0 Å². The highest BCUT2D eigenvalue weighted by Gasteiger charge is 2.27. The maximum Gasteiger partial charge on any atom is 0.343 e. The molecule has 0 radical (unpaired) electrons. The summed E-state index contributed by atoms with van der Waals surface area (Å²) < 4.78 is 6.83. The normalized spacial score (nSPS) is 15.5. The molecule has 5 nitrogen and oxygen atoms in total. The molecule has 0 saturated heterocycles. The first-order chi connectivity index (χ1) is 12.7. The lowest BCUT2D eigenvalue weighted by Gasteiger charge is -2.13. The van der Waals surface area contributed by atoms with E-state index in [0.29, 0.717) is 16.4 Å². The fourth-order valence-electron chi connectivity index (χ4n) is 3.31. The van der Waals surface area contributed by atoms with Crippen molar-refractivity contribution in [2.24, 2.45) is 4.99 Å². The summed E-state index contributed by atoms with van der Waals surface area (Å²) >= 11 is 6.18. The van der Waals surface area contributed by atoms with E-state index in [1.54, 1.807) is 13.0 Å².